The Morgan fingerprint density at radius 3 is 2.21 bits per heavy atom. The first kappa shape index (κ1) is 14.5. The second-order valence-corrected chi connectivity index (χ2v) is 6.74. The first-order chi connectivity index (χ1) is 8.95. The summed E-state index contributed by atoms with van der Waals surface area (Å²) in [5.74, 6) is 0. The molecule has 1 aromatic rings. The van der Waals surface area contributed by atoms with E-state index in [1.54, 1.807) is 24.3 Å². The minimum absolute atomic E-state index is 0.153. The van der Waals surface area contributed by atoms with Crippen LogP contribution in [0.4, 0.5) is 0 Å². The van der Waals surface area contributed by atoms with E-state index in [0.717, 1.165) is 37.8 Å². The normalized spacial score (nSPS) is 24.3. The third-order valence-electron chi connectivity index (χ3n) is 3.62. The van der Waals surface area contributed by atoms with Crippen LogP contribution in [0.15, 0.2) is 29.2 Å². The van der Waals surface area contributed by atoms with Crippen LogP contribution in [0.2, 0.25) is 0 Å². The number of rotatable bonds is 4. The van der Waals surface area contributed by atoms with Gasteiger partial charge in [0.15, 0.2) is 0 Å². The van der Waals surface area contributed by atoms with E-state index in [0.29, 0.717) is 12.1 Å². The summed E-state index contributed by atoms with van der Waals surface area (Å²) < 4.78 is 22.3. The number of nitrogens with two attached hydrogens (primary N) is 2. The lowest BCUT2D eigenvalue weighted by Crippen LogP contribution is -2.37. The van der Waals surface area contributed by atoms with Crippen molar-refractivity contribution in [3.8, 4) is 0 Å². The zero-order valence-electron chi connectivity index (χ0n) is 10.9. The van der Waals surface area contributed by atoms with E-state index in [9.17, 15) is 8.42 Å². The largest absolute Gasteiger partial charge is 0.328 e. The first-order valence-electron chi connectivity index (χ1n) is 6.56. The van der Waals surface area contributed by atoms with Crippen molar-refractivity contribution in [2.45, 2.75) is 49.2 Å². The average Bonchev–Trinajstić information content (AvgIpc) is 2.37. The quantitative estimate of drug-likeness (QED) is 0.757. The molecule has 0 aliphatic heterocycles. The van der Waals surface area contributed by atoms with E-state index in [1.807, 2.05) is 0 Å². The Balaban J connectivity index is 1.87. The van der Waals surface area contributed by atoms with Crippen LogP contribution < -0.4 is 16.2 Å². The van der Waals surface area contributed by atoms with Crippen molar-refractivity contribution in [3.63, 3.8) is 0 Å². The molecule has 0 amide bonds. The van der Waals surface area contributed by atoms with Gasteiger partial charge in [0.1, 0.15) is 0 Å². The molecule has 0 aromatic heterocycles. The van der Waals surface area contributed by atoms with Crippen molar-refractivity contribution < 1.29 is 8.42 Å². The van der Waals surface area contributed by atoms with Gasteiger partial charge in [-0.25, -0.2) is 13.6 Å². The molecule has 2 rings (SSSR count). The molecule has 0 unspecified atom stereocenters. The van der Waals surface area contributed by atoms with E-state index in [4.69, 9.17) is 10.9 Å². The van der Waals surface area contributed by atoms with Gasteiger partial charge >= 0.3 is 0 Å². The van der Waals surface area contributed by atoms with Crippen molar-refractivity contribution >= 4 is 10.0 Å². The van der Waals surface area contributed by atoms with Gasteiger partial charge in [-0.2, -0.15) is 0 Å². The van der Waals surface area contributed by atoms with Crippen LogP contribution in [0.1, 0.15) is 31.2 Å². The van der Waals surface area contributed by atoms with Gasteiger partial charge in [-0.15, -0.1) is 0 Å². The number of nitrogens with one attached hydrogen (secondary N) is 1. The van der Waals surface area contributed by atoms with Crippen LogP contribution >= 0.6 is 0 Å². The Morgan fingerprint density at radius 2 is 1.68 bits per heavy atom. The molecule has 5 nitrogen and oxygen atoms in total. The van der Waals surface area contributed by atoms with Crippen LogP contribution in [-0.4, -0.2) is 20.5 Å². The summed E-state index contributed by atoms with van der Waals surface area (Å²) in [5.41, 5.74) is 6.92. The maximum absolute atomic E-state index is 11.1. The summed E-state index contributed by atoms with van der Waals surface area (Å²) in [4.78, 5) is 0.153. The van der Waals surface area contributed by atoms with Gasteiger partial charge in [0, 0.05) is 18.6 Å². The standard InChI is InChI=1S/C13H21N3O2S/c14-11-3-5-12(6-4-11)16-9-10-1-7-13(8-2-10)19(15,17)18/h1-2,7-8,11-12,16H,3-6,9,14H2,(H2,15,17,18). The van der Waals surface area contributed by atoms with Crippen LogP contribution in [0.25, 0.3) is 0 Å². The van der Waals surface area contributed by atoms with Gasteiger partial charge in [0.2, 0.25) is 10.0 Å². The topological polar surface area (TPSA) is 98.2 Å². The number of benzene rings is 1. The monoisotopic (exact) mass is 283 g/mol. The van der Waals surface area contributed by atoms with Crippen molar-refractivity contribution in [1.82, 2.24) is 5.32 Å². The minimum Gasteiger partial charge on any atom is -0.328 e. The number of hydrogen-bond acceptors (Lipinski definition) is 4. The number of hydrogen-bond donors (Lipinski definition) is 3. The summed E-state index contributed by atoms with van der Waals surface area (Å²) >= 11 is 0. The van der Waals surface area contributed by atoms with Gasteiger partial charge in [-0.05, 0) is 43.4 Å². The van der Waals surface area contributed by atoms with Crippen LogP contribution in [0.3, 0.4) is 0 Å². The zero-order valence-corrected chi connectivity index (χ0v) is 11.7. The van der Waals surface area contributed by atoms with Crippen molar-refractivity contribution in [3.05, 3.63) is 29.8 Å². The summed E-state index contributed by atoms with van der Waals surface area (Å²) in [7, 11) is -3.60. The third kappa shape index (κ3) is 4.28. The fourth-order valence-corrected chi connectivity index (χ4v) is 2.90. The average molecular weight is 283 g/mol. The highest BCUT2D eigenvalue weighted by atomic mass is 32.2. The summed E-state index contributed by atoms with van der Waals surface area (Å²) in [6.07, 6.45) is 4.36. The molecule has 6 heteroatoms. The van der Waals surface area contributed by atoms with Crippen molar-refractivity contribution in [2.75, 3.05) is 0 Å². The molecule has 0 saturated heterocycles. The third-order valence-corrected chi connectivity index (χ3v) is 4.55. The lowest BCUT2D eigenvalue weighted by atomic mass is 9.92. The van der Waals surface area contributed by atoms with E-state index >= 15 is 0 Å². The van der Waals surface area contributed by atoms with E-state index < -0.39 is 10.0 Å². The Hall–Kier alpha value is -0.950. The van der Waals surface area contributed by atoms with Crippen LogP contribution in [-0.2, 0) is 16.6 Å². The van der Waals surface area contributed by atoms with Crippen LogP contribution in [0, 0.1) is 0 Å². The molecular formula is C13H21N3O2S. The number of primary sulfonamides is 1. The predicted molar refractivity (Wildman–Crippen MR) is 74.9 cm³/mol. The summed E-state index contributed by atoms with van der Waals surface area (Å²) in [5, 5.41) is 8.54. The maximum atomic E-state index is 11.1. The molecule has 5 N–H and O–H groups in total. The molecule has 1 aliphatic rings. The SMILES string of the molecule is NC1CCC(NCc2ccc(S(N)(=O)=O)cc2)CC1. The minimum atomic E-state index is -3.60. The highest BCUT2D eigenvalue weighted by Crippen LogP contribution is 2.17. The van der Waals surface area contributed by atoms with E-state index in [-0.39, 0.29) is 4.90 Å². The molecular weight excluding hydrogens is 262 g/mol. The molecule has 1 fully saturated rings. The summed E-state index contributed by atoms with van der Waals surface area (Å²) in [6.45, 7) is 0.741. The van der Waals surface area contributed by atoms with Crippen LogP contribution in [0.5, 0.6) is 0 Å². The highest BCUT2D eigenvalue weighted by molar-refractivity contribution is 7.89. The van der Waals surface area contributed by atoms with Gasteiger partial charge < -0.3 is 11.1 Å². The van der Waals surface area contributed by atoms with Crippen molar-refractivity contribution in [1.29, 1.82) is 0 Å². The lowest BCUT2D eigenvalue weighted by molar-refractivity contribution is 0.342. The molecule has 1 aliphatic carbocycles. The fraction of sp³-hybridized carbons (Fsp3) is 0.538. The smallest absolute Gasteiger partial charge is 0.238 e. The van der Waals surface area contributed by atoms with Crippen molar-refractivity contribution in [2.24, 2.45) is 10.9 Å². The molecule has 0 spiro atoms. The first-order valence-corrected chi connectivity index (χ1v) is 8.10. The second-order valence-electron chi connectivity index (χ2n) is 5.18. The predicted octanol–water partition coefficient (Wildman–Crippen LogP) is 0.694. The molecule has 0 bridgehead atoms. The lowest BCUT2D eigenvalue weighted by Gasteiger charge is -2.27. The zero-order chi connectivity index (χ0) is 13.9. The molecule has 0 heterocycles. The van der Waals surface area contributed by atoms with Gasteiger partial charge in [0.25, 0.3) is 0 Å². The Kier molecular flexibility index (Phi) is 4.57. The Morgan fingerprint density at radius 1 is 1.11 bits per heavy atom. The molecule has 106 valence electrons. The second kappa shape index (κ2) is 6.00. The Bertz CT molecular complexity index is 505. The maximum Gasteiger partial charge on any atom is 0.238 e. The number of sulfonamides is 1. The molecule has 0 radical (unpaired) electrons. The van der Waals surface area contributed by atoms with E-state index in [2.05, 4.69) is 5.32 Å². The fourth-order valence-electron chi connectivity index (χ4n) is 2.38. The summed E-state index contributed by atoms with van der Waals surface area (Å²) in [6, 6.07) is 7.54. The molecule has 1 saturated carbocycles. The highest BCUT2D eigenvalue weighted by Gasteiger charge is 2.17. The van der Waals surface area contributed by atoms with Gasteiger partial charge in [-0.3, -0.25) is 0 Å². The van der Waals surface area contributed by atoms with Gasteiger partial charge in [0.05, 0.1) is 4.90 Å². The molecule has 1 aromatic carbocycles. The van der Waals surface area contributed by atoms with E-state index in [1.165, 1.54) is 0 Å². The Labute approximate surface area is 114 Å². The molecule has 19 heavy (non-hydrogen) atoms. The van der Waals surface area contributed by atoms with Gasteiger partial charge in [-0.1, -0.05) is 12.1 Å². The molecule has 0 atom stereocenters.